The fraction of sp³-hybridized carbons (Fsp3) is 0.143. The number of aryl methyl sites for hydroxylation is 1. The summed E-state index contributed by atoms with van der Waals surface area (Å²) < 4.78 is 39.8. The molecule has 0 unspecified atom stereocenters. The van der Waals surface area contributed by atoms with Crippen molar-refractivity contribution in [2.45, 2.75) is 19.6 Å². The van der Waals surface area contributed by atoms with Crippen LogP contribution in [-0.2, 0) is 12.7 Å². The van der Waals surface area contributed by atoms with Crippen molar-refractivity contribution >= 4 is 11.6 Å². The van der Waals surface area contributed by atoms with Gasteiger partial charge in [0, 0.05) is 11.9 Å². The van der Waals surface area contributed by atoms with E-state index in [9.17, 15) is 22.8 Å². The number of nitrogens with zero attached hydrogens (tertiary/aromatic N) is 1. The minimum atomic E-state index is -4.52. The van der Waals surface area contributed by atoms with Crippen molar-refractivity contribution in [3.63, 3.8) is 0 Å². The molecule has 1 heterocycles. The van der Waals surface area contributed by atoms with Crippen molar-refractivity contribution in [2.24, 2.45) is 0 Å². The van der Waals surface area contributed by atoms with E-state index in [2.05, 4.69) is 5.32 Å². The predicted octanol–water partition coefficient (Wildman–Crippen LogP) is 4.48. The van der Waals surface area contributed by atoms with Crippen LogP contribution in [-0.4, -0.2) is 10.5 Å². The van der Waals surface area contributed by atoms with Gasteiger partial charge in [-0.2, -0.15) is 13.2 Å². The molecule has 144 valence electrons. The van der Waals surface area contributed by atoms with Crippen LogP contribution in [0.15, 0.2) is 71.7 Å². The first kappa shape index (κ1) is 19.4. The Kier molecular flexibility index (Phi) is 5.35. The van der Waals surface area contributed by atoms with Gasteiger partial charge in [0.15, 0.2) is 0 Å². The van der Waals surface area contributed by atoms with Gasteiger partial charge in [0.25, 0.3) is 11.5 Å². The lowest BCUT2D eigenvalue weighted by Gasteiger charge is -2.11. The van der Waals surface area contributed by atoms with Crippen molar-refractivity contribution in [2.75, 3.05) is 5.32 Å². The zero-order valence-corrected chi connectivity index (χ0v) is 15.0. The highest BCUT2D eigenvalue weighted by atomic mass is 19.4. The highest BCUT2D eigenvalue weighted by Crippen LogP contribution is 2.30. The Labute approximate surface area is 159 Å². The number of carbonyl (C=O) groups excluding carboxylic acids is 1. The van der Waals surface area contributed by atoms with Crippen molar-refractivity contribution < 1.29 is 18.0 Å². The average molecular weight is 386 g/mol. The van der Waals surface area contributed by atoms with Crippen LogP contribution in [0.3, 0.4) is 0 Å². The molecule has 0 bridgehead atoms. The third-order valence-corrected chi connectivity index (χ3v) is 4.15. The summed E-state index contributed by atoms with van der Waals surface area (Å²) in [6, 6.07) is 14.8. The second-order valence-corrected chi connectivity index (χ2v) is 6.38. The van der Waals surface area contributed by atoms with Crippen molar-refractivity contribution in [3.05, 3.63) is 99.5 Å². The largest absolute Gasteiger partial charge is 0.416 e. The van der Waals surface area contributed by atoms with Crippen LogP contribution >= 0.6 is 0 Å². The van der Waals surface area contributed by atoms with Gasteiger partial charge in [-0.25, -0.2) is 0 Å². The minimum absolute atomic E-state index is 0.0340. The SMILES string of the molecule is Cc1cccc(Cn2cccc(C(=O)Nc3cccc(C(F)(F)F)c3)c2=O)c1. The Balaban J connectivity index is 1.84. The summed E-state index contributed by atoms with van der Waals surface area (Å²) in [5.74, 6) is -0.761. The number of nitrogens with one attached hydrogen (secondary N) is 1. The number of benzene rings is 2. The van der Waals surface area contributed by atoms with E-state index in [4.69, 9.17) is 0 Å². The van der Waals surface area contributed by atoms with E-state index in [0.717, 1.165) is 23.3 Å². The maximum absolute atomic E-state index is 12.8. The molecule has 1 amide bonds. The molecule has 0 atom stereocenters. The van der Waals surface area contributed by atoms with Gasteiger partial charge in [-0.05, 0) is 42.8 Å². The lowest BCUT2D eigenvalue weighted by molar-refractivity contribution is -0.137. The Morgan fingerprint density at radius 1 is 1.04 bits per heavy atom. The quantitative estimate of drug-likeness (QED) is 0.719. The molecule has 3 aromatic rings. The number of anilines is 1. The molecule has 0 saturated carbocycles. The molecule has 2 aromatic carbocycles. The van der Waals surface area contributed by atoms with Gasteiger partial charge in [-0.1, -0.05) is 35.9 Å². The number of alkyl halides is 3. The highest BCUT2D eigenvalue weighted by Gasteiger charge is 2.30. The summed E-state index contributed by atoms with van der Waals surface area (Å²) in [6.07, 6.45) is -2.96. The maximum Gasteiger partial charge on any atom is 0.416 e. The molecule has 0 fully saturated rings. The summed E-state index contributed by atoms with van der Waals surface area (Å²) in [5.41, 5.74) is 0.367. The second-order valence-electron chi connectivity index (χ2n) is 6.38. The fourth-order valence-electron chi connectivity index (χ4n) is 2.81. The Hall–Kier alpha value is -3.35. The molecule has 0 aliphatic rings. The molecule has 28 heavy (non-hydrogen) atoms. The van der Waals surface area contributed by atoms with Gasteiger partial charge >= 0.3 is 6.18 Å². The number of hydrogen-bond donors (Lipinski definition) is 1. The number of carbonyl (C=O) groups is 1. The number of hydrogen-bond acceptors (Lipinski definition) is 2. The second kappa shape index (κ2) is 7.72. The number of aromatic nitrogens is 1. The van der Waals surface area contributed by atoms with Crippen LogP contribution in [0.25, 0.3) is 0 Å². The normalized spacial score (nSPS) is 11.3. The van der Waals surface area contributed by atoms with Crippen molar-refractivity contribution in [1.82, 2.24) is 4.57 Å². The maximum atomic E-state index is 12.8. The molecule has 7 heteroatoms. The first-order valence-electron chi connectivity index (χ1n) is 8.47. The molecule has 0 aliphatic heterocycles. The third kappa shape index (κ3) is 4.49. The van der Waals surface area contributed by atoms with Gasteiger partial charge < -0.3 is 9.88 Å². The fourth-order valence-corrected chi connectivity index (χ4v) is 2.81. The first-order chi connectivity index (χ1) is 13.2. The molecular weight excluding hydrogens is 369 g/mol. The molecule has 4 nitrogen and oxygen atoms in total. The van der Waals surface area contributed by atoms with Gasteiger partial charge in [0.05, 0.1) is 12.1 Å². The molecular formula is C21H17F3N2O2. The zero-order valence-electron chi connectivity index (χ0n) is 15.0. The highest BCUT2D eigenvalue weighted by molar-refractivity contribution is 6.04. The van der Waals surface area contributed by atoms with Crippen LogP contribution in [0.2, 0.25) is 0 Å². The first-order valence-corrected chi connectivity index (χ1v) is 8.47. The lowest BCUT2D eigenvalue weighted by atomic mass is 10.1. The Morgan fingerprint density at radius 3 is 2.50 bits per heavy atom. The van der Waals surface area contributed by atoms with Crippen LogP contribution in [0, 0.1) is 6.92 Å². The standard InChI is InChI=1S/C21H17F3N2O2/c1-14-5-2-6-15(11-14)13-26-10-4-9-18(20(26)28)19(27)25-17-8-3-7-16(12-17)21(22,23)24/h2-12H,13H2,1H3,(H,25,27). The van der Waals surface area contributed by atoms with Gasteiger partial charge in [0.2, 0.25) is 0 Å². The van der Waals surface area contributed by atoms with E-state index in [1.54, 1.807) is 12.3 Å². The number of rotatable bonds is 4. The minimum Gasteiger partial charge on any atom is -0.322 e. The van der Waals surface area contributed by atoms with Gasteiger partial charge in [-0.3, -0.25) is 9.59 Å². The van der Waals surface area contributed by atoms with E-state index in [1.165, 1.54) is 22.8 Å². The molecule has 3 rings (SSSR count). The Morgan fingerprint density at radius 2 is 1.79 bits per heavy atom. The summed E-state index contributed by atoms with van der Waals surface area (Å²) in [5, 5.41) is 2.36. The Bertz CT molecular complexity index is 1070. The van der Waals surface area contributed by atoms with Crippen LogP contribution in [0.4, 0.5) is 18.9 Å². The topological polar surface area (TPSA) is 51.1 Å². The van der Waals surface area contributed by atoms with Gasteiger partial charge in [0.1, 0.15) is 5.56 Å². The van der Waals surface area contributed by atoms with E-state index in [-0.39, 0.29) is 17.8 Å². The molecule has 0 saturated heterocycles. The molecule has 1 aromatic heterocycles. The van der Waals surface area contributed by atoms with Crippen molar-refractivity contribution in [3.8, 4) is 0 Å². The van der Waals surface area contributed by atoms with E-state index in [0.29, 0.717) is 0 Å². The monoisotopic (exact) mass is 386 g/mol. The lowest BCUT2D eigenvalue weighted by Crippen LogP contribution is -2.29. The molecule has 1 N–H and O–H groups in total. The van der Waals surface area contributed by atoms with Crippen LogP contribution in [0.5, 0.6) is 0 Å². The smallest absolute Gasteiger partial charge is 0.322 e. The van der Waals surface area contributed by atoms with Gasteiger partial charge in [-0.15, -0.1) is 0 Å². The third-order valence-electron chi connectivity index (χ3n) is 4.15. The van der Waals surface area contributed by atoms with E-state index < -0.39 is 23.2 Å². The average Bonchev–Trinajstić information content (AvgIpc) is 2.63. The summed E-state index contributed by atoms with van der Waals surface area (Å²) in [4.78, 5) is 25.1. The molecule has 0 aliphatic carbocycles. The van der Waals surface area contributed by atoms with Crippen LogP contribution in [0.1, 0.15) is 27.0 Å². The zero-order chi connectivity index (χ0) is 20.3. The van der Waals surface area contributed by atoms with E-state index >= 15 is 0 Å². The summed E-state index contributed by atoms with van der Waals surface area (Å²) in [6.45, 7) is 2.22. The van der Waals surface area contributed by atoms with Crippen LogP contribution < -0.4 is 10.9 Å². The molecule has 0 spiro atoms. The van der Waals surface area contributed by atoms with Crippen molar-refractivity contribution in [1.29, 1.82) is 0 Å². The summed E-state index contributed by atoms with van der Waals surface area (Å²) >= 11 is 0. The number of pyridine rings is 1. The summed E-state index contributed by atoms with van der Waals surface area (Å²) in [7, 11) is 0. The predicted molar refractivity (Wildman–Crippen MR) is 100 cm³/mol. The molecule has 0 radical (unpaired) electrons. The van der Waals surface area contributed by atoms with E-state index in [1.807, 2.05) is 31.2 Å². The number of halogens is 3. The number of amides is 1.